The van der Waals surface area contributed by atoms with Gasteiger partial charge in [0.15, 0.2) is 0 Å². The van der Waals surface area contributed by atoms with E-state index in [-0.39, 0.29) is 19.6 Å². The lowest BCUT2D eigenvalue weighted by atomic mass is 10.1. The maximum Gasteiger partial charge on any atom is 0.273 e. The minimum absolute atomic E-state index is 0.0655. The molecule has 0 aliphatic heterocycles. The molecule has 0 atom stereocenters. The minimum atomic E-state index is -4.19. The third-order valence-electron chi connectivity index (χ3n) is 3.80. The van der Waals surface area contributed by atoms with Crippen LogP contribution in [0.3, 0.4) is 0 Å². The summed E-state index contributed by atoms with van der Waals surface area (Å²) >= 11 is 0.738. The van der Waals surface area contributed by atoms with Crippen molar-refractivity contribution in [3.8, 4) is 0 Å². The van der Waals surface area contributed by atoms with Gasteiger partial charge in [-0.1, -0.05) is 36.4 Å². The number of sulfonamides is 1. The lowest BCUT2D eigenvalue weighted by Gasteiger charge is -2.07. The first kappa shape index (κ1) is 19.3. The number of hydrogen-bond acceptors (Lipinski definition) is 6. The number of hydrogen-bond donors (Lipinski definition) is 1. The van der Waals surface area contributed by atoms with Crippen LogP contribution in [0.5, 0.6) is 0 Å². The molecule has 3 rings (SSSR count). The fourth-order valence-electron chi connectivity index (χ4n) is 2.37. The summed E-state index contributed by atoms with van der Waals surface area (Å²) in [6.07, 6.45) is 0. The molecule has 27 heavy (non-hydrogen) atoms. The summed E-state index contributed by atoms with van der Waals surface area (Å²) in [5, 5.41) is 1.25. The van der Waals surface area contributed by atoms with Gasteiger partial charge in [0.1, 0.15) is 4.21 Å². The maximum absolute atomic E-state index is 12.6. The number of benzene rings is 2. The fraction of sp³-hybridized carbons (Fsp3) is 0.0556. The maximum atomic E-state index is 12.6. The largest absolute Gasteiger partial charge is 0.273 e. The predicted octanol–water partition coefficient (Wildman–Crippen LogP) is 3.01. The van der Waals surface area contributed by atoms with Gasteiger partial charge in [-0.3, -0.25) is 4.79 Å². The lowest BCUT2D eigenvalue weighted by molar-refractivity contribution is 0.0981. The average Bonchev–Trinajstić information content (AvgIpc) is 3.14. The number of rotatable bonds is 5. The number of aryl methyl sites for hydroxylation is 1. The summed E-state index contributed by atoms with van der Waals surface area (Å²) < 4.78 is 51.9. The summed E-state index contributed by atoms with van der Waals surface area (Å²) in [6.45, 7) is 1.69. The van der Waals surface area contributed by atoms with Gasteiger partial charge in [0.05, 0.1) is 9.79 Å². The van der Waals surface area contributed by atoms with Gasteiger partial charge in [-0.15, -0.1) is 11.3 Å². The van der Waals surface area contributed by atoms with Crippen molar-refractivity contribution in [3.63, 3.8) is 0 Å². The van der Waals surface area contributed by atoms with Crippen LogP contribution in [0.2, 0.25) is 0 Å². The third-order valence-corrected chi connectivity index (χ3v) is 8.47. The van der Waals surface area contributed by atoms with E-state index in [9.17, 15) is 21.6 Å². The average molecular weight is 422 g/mol. The fourth-order valence-corrected chi connectivity index (χ4v) is 6.24. The number of amides is 1. The number of nitrogens with one attached hydrogen (secondary N) is 1. The van der Waals surface area contributed by atoms with Crippen LogP contribution in [-0.2, 0) is 19.9 Å². The molecule has 6 nitrogen and oxygen atoms in total. The van der Waals surface area contributed by atoms with Gasteiger partial charge >= 0.3 is 0 Å². The zero-order valence-corrected chi connectivity index (χ0v) is 16.6. The standard InChI is InChI=1S/C18H15NO5S3/c1-13-7-5-6-10-16(13)18(20)19-27(23,24)17-11-15(12-25-17)26(21,22)14-8-3-2-4-9-14/h2-12H,1H3,(H,19,20). The molecule has 0 bridgehead atoms. The van der Waals surface area contributed by atoms with E-state index in [0.29, 0.717) is 5.56 Å². The summed E-state index contributed by atoms with van der Waals surface area (Å²) in [5.74, 6) is -0.769. The van der Waals surface area contributed by atoms with Crippen molar-refractivity contribution in [2.45, 2.75) is 20.9 Å². The molecule has 1 heterocycles. The van der Waals surface area contributed by atoms with Crippen molar-refractivity contribution in [2.75, 3.05) is 0 Å². The van der Waals surface area contributed by atoms with Crippen LogP contribution in [0.25, 0.3) is 0 Å². The highest BCUT2D eigenvalue weighted by molar-refractivity contribution is 7.93. The van der Waals surface area contributed by atoms with E-state index < -0.39 is 25.8 Å². The Labute approximate surface area is 161 Å². The van der Waals surface area contributed by atoms with Crippen LogP contribution >= 0.6 is 11.3 Å². The molecule has 0 saturated carbocycles. The molecule has 1 N–H and O–H groups in total. The number of sulfone groups is 1. The van der Waals surface area contributed by atoms with Gasteiger partial charge < -0.3 is 0 Å². The van der Waals surface area contributed by atoms with Gasteiger partial charge in [0, 0.05) is 10.9 Å². The Kier molecular flexibility index (Phi) is 5.18. The van der Waals surface area contributed by atoms with Crippen molar-refractivity contribution >= 4 is 37.1 Å². The highest BCUT2D eigenvalue weighted by Gasteiger charge is 2.25. The van der Waals surface area contributed by atoms with E-state index in [1.165, 1.54) is 23.6 Å². The predicted molar refractivity (Wildman–Crippen MR) is 102 cm³/mol. The Morgan fingerprint density at radius 2 is 1.52 bits per heavy atom. The Morgan fingerprint density at radius 1 is 0.889 bits per heavy atom. The highest BCUT2D eigenvalue weighted by atomic mass is 32.2. The van der Waals surface area contributed by atoms with Crippen LogP contribution < -0.4 is 4.72 Å². The van der Waals surface area contributed by atoms with Gasteiger partial charge in [0.2, 0.25) is 9.84 Å². The van der Waals surface area contributed by atoms with E-state index in [1.807, 2.05) is 4.72 Å². The quantitative estimate of drug-likeness (QED) is 0.683. The first-order valence-corrected chi connectivity index (χ1v) is 11.6. The van der Waals surface area contributed by atoms with Crippen molar-refractivity contribution in [2.24, 2.45) is 0 Å². The van der Waals surface area contributed by atoms with E-state index in [0.717, 1.165) is 17.4 Å². The van der Waals surface area contributed by atoms with Gasteiger partial charge in [-0.2, -0.15) is 0 Å². The molecule has 3 aromatic rings. The Morgan fingerprint density at radius 3 is 2.19 bits per heavy atom. The molecule has 0 unspecified atom stereocenters. The zero-order chi connectivity index (χ0) is 19.7. The molecule has 0 aliphatic rings. The molecule has 1 aromatic heterocycles. The summed E-state index contributed by atoms with van der Waals surface area (Å²) in [7, 11) is -8.02. The second-order valence-corrected chi connectivity index (χ2v) is 10.4. The summed E-state index contributed by atoms with van der Waals surface area (Å²) in [6, 6.07) is 15.3. The van der Waals surface area contributed by atoms with Crippen LogP contribution in [0.4, 0.5) is 0 Å². The summed E-state index contributed by atoms with van der Waals surface area (Å²) in [5.41, 5.74) is 0.860. The number of carbonyl (C=O) groups is 1. The second kappa shape index (κ2) is 7.26. The van der Waals surface area contributed by atoms with Crippen molar-refractivity contribution < 1.29 is 21.6 Å². The zero-order valence-electron chi connectivity index (χ0n) is 14.1. The smallest absolute Gasteiger partial charge is 0.268 e. The van der Waals surface area contributed by atoms with Crippen LogP contribution in [0.1, 0.15) is 15.9 Å². The van der Waals surface area contributed by atoms with Crippen molar-refractivity contribution in [1.82, 2.24) is 4.72 Å². The molecule has 0 spiro atoms. The SMILES string of the molecule is Cc1ccccc1C(=O)NS(=O)(=O)c1cc(S(=O)(=O)c2ccccc2)cs1. The van der Waals surface area contributed by atoms with E-state index in [1.54, 1.807) is 43.3 Å². The summed E-state index contributed by atoms with van der Waals surface area (Å²) in [4.78, 5) is 12.2. The van der Waals surface area contributed by atoms with Crippen molar-refractivity contribution in [3.05, 3.63) is 77.2 Å². The van der Waals surface area contributed by atoms with Crippen LogP contribution in [0.15, 0.2) is 80.0 Å². The highest BCUT2D eigenvalue weighted by Crippen LogP contribution is 2.28. The van der Waals surface area contributed by atoms with Crippen molar-refractivity contribution in [1.29, 1.82) is 0 Å². The van der Waals surface area contributed by atoms with Gasteiger partial charge in [-0.05, 0) is 36.8 Å². The molecule has 9 heteroatoms. The molecular formula is C18H15NO5S3. The minimum Gasteiger partial charge on any atom is -0.268 e. The lowest BCUT2D eigenvalue weighted by Crippen LogP contribution is -2.30. The molecule has 0 aliphatic carbocycles. The molecule has 0 radical (unpaired) electrons. The van der Waals surface area contributed by atoms with Gasteiger partial charge in [-0.25, -0.2) is 21.6 Å². The Bertz CT molecular complexity index is 1200. The first-order chi connectivity index (χ1) is 12.7. The van der Waals surface area contributed by atoms with E-state index in [2.05, 4.69) is 0 Å². The molecule has 1 amide bonds. The molecular weight excluding hydrogens is 406 g/mol. The van der Waals surface area contributed by atoms with Gasteiger partial charge in [0.25, 0.3) is 15.9 Å². The van der Waals surface area contributed by atoms with Crippen LogP contribution in [-0.4, -0.2) is 22.7 Å². The molecule has 140 valence electrons. The first-order valence-electron chi connectivity index (χ1n) is 7.73. The Balaban J connectivity index is 1.89. The van der Waals surface area contributed by atoms with E-state index >= 15 is 0 Å². The second-order valence-electron chi connectivity index (χ2n) is 5.67. The van der Waals surface area contributed by atoms with E-state index in [4.69, 9.17) is 0 Å². The monoisotopic (exact) mass is 421 g/mol. The molecule has 0 fully saturated rings. The molecule has 2 aromatic carbocycles. The number of carbonyl (C=O) groups excluding carboxylic acids is 1. The number of thiophene rings is 1. The Hall–Kier alpha value is -2.49. The van der Waals surface area contributed by atoms with Crippen LogP contribution in [0, 0.1) is 6.92 Å². The topological polar surface area (TPSA) is 97.4 Å². The third kappa shape index (κ3) is 3.95. The normalized spacial score (nSPS) is 11.9. The molecule has 0 saturated heterocycles.